The highest BCUT2D eigenvalue weighted by molar-refractivity contribution is 9.10. The number of alkyl halides is 3. The van der Waals surface area contributed by atoms with Crippen molar-refractivity contribution >= 4 is 33.6 Å². The van der Waals surface area contributed by atoms with Crippen LogP contribution in [-0.2, 0) is 5.75 Å². The van der Waals surface area contributed by atoms with Gasteiger partial charge >= 0.3 is 6.18 Å². The monoisotopic (exact) mass is 579 g/mol. The molecule has 3 aromatic rings. The topological polar surface area (TPSA) is 65.8 Å². The summed E-state index contributed by atoms with van der Waals surface area (Å²) >= 11 is 5.16. The van der Waals surface area contributed by atoms with Gasteiger partial charge in [0.25, 0.3) is 5.91 Å². The number of benzene rings is 2. The number of thioether (sulfide) groups is 1. The molecule has 0 spiro atoms. The summed E-state index contributed by atoms with van der Waals surface area (Å²) in [5.74, 6) is -2.74. The second-order valence-corrected chi connectivity index (χ2v) is 10.8. The van der Waals surface area contributed by atoms with Crippen LogP contribution in [0.1, 0.15) is 40.1 Å². The quantitative estimate of drug-likeness (QED) is 0.458. The lowest BCUT2D eigenvalue weighted by Gasteiger charge is -2.44. The van der Waals surface area contributed by atoms with E-state index in [-0.39, 0.29) is 12.4 Å². The van der Waals surface area contributed by atoms with E-state index in [0.717, 1.165) is 43.9 Å². The van der Waals surface area contributed by atoms with Gasteiger partial charge in [-0.25, -0.2) is 0 Å². The lowest BCUT2D eigenvalue weighted by molar-refractivity contribution is -0.172. The fourth-order valence-corrected chi connectivity index (χ4v) is 6.11. The van der Waals surface area contributed by atoms with Crippen molar-refractivity contribution in [3.8, 4) is 5.75 Å². The lowest BCUT2D eigenvalue weighted by atomic mass is 9.94. The van der Waals surface area contributed by atoms with Gasteiger partial charge in [-0.05, 0) is 34.9 Å². The molecule has 6 nitrogen and oxygen atoms in total. The number of aromatic nitrogens is 1. The van der Waals surface area contributed by atoms with Crippen LogP contribution in [0, 0.1) is 5.92 Å². The molecule has 188 valence electrons. The van der Waals surface area contributed by atoms with E-state index < -0.39 is 41.8 Å². The van der Waals surface area contributed by atoms with Crippen molar-refractivity contribution < 1.29 is 23.1 Å². The maximum absolute atomic E-state index is 13.4. The average Bonchev–Trinajstić information content (AvgIpc) is 2.99. The molecule has 0 bridgehead atoms. The minimum absolute atomic E-state index is 0.173. The molecular formula is C25H21BrF3N3O3S. The van der Waals surface area contributed by atoms with E-state index in [2.05, 4.69) is 15.9 Å². The second kappa shape index (κ2) is 9.19. The van der Waals surface area contributed by atoms with Crippen LogP contribution in [0.3, 0.4) is 0 Å². The van der Waals surface area contributed by atoms with Gasteiger partial charge in [0, 0.05) is 33.9 Å². The predicted octanol–water partition coefficient (Wildman–Crippen LogP) is 5.26. The zero-order valence-electron chi connectivity index (χ0n) is 19.0. The number of carbonyl (C=O) groups excluding carboxylic acids is 1. The van der Waals surface area contributed by atoms with E-state index in [1.165, 1.54) is 10.9 Å². The van der Waals surface area contributed by atoms with Gasteiger partial charge in [0.05, 0.1) is 12.0 Å². The average molecular weight is 580 g/mol. The van der Waals surface area contributed by atoms with Crippen LogP contribution in [-0.4, -0.2) is 40.0 Å². The Hall–Kier alpha value is -2.92. The number of rotatable bonds is 3. The van der Waals surface area contributed by atoms with Crippen LogP contribution in [0.2, 0.25) is 0 Å². The minimum atomic E-state index is -4.51. The van der Waals surface area contributed by atoms with Crippen molar-refractivity contribution in [2.24, 2.45) is 5.92 Å². The summed E-state index contributed by atoms with van der Waals surface area (Å²) in [5, 5.41) is 12.3. The van der Waals surface area contributed by atoms with Crippen LogP contribution < -0.4 is 10.4 Å². The Morgan fingerprint density at radius 3 is 2.64 bits per heavy atom. The number of hydrogen-bond acceptors (Lipinski definition) is 5. The van der Waals surface area contributed by atoms with Gasteiger partial charge in [-0.3, -0.25) is 19.3 Å². The van der Waals surface area contributed by atoms with Crippen LogP contribution in [0.25, 0.3) is 0 Å². The Morgan fingerprint density at radius 1 is 1.14 bits per heavy atom. The number of fused-ring (bicyclic) bond motifs is 3. The highest BCUT2D eigenvalue weighted by Crippen LogP contribution is 2.43. The molecule has 5 rings (SSSR count). The zero-order chi connectivity index (χ0) is 25.8. The summed E-state index contributed by atoms with van der Waals surface area (Å²) in [6, 6.07) is 14.2. The summed E-state index contributed by atoms with van der Waals surface area (Å²) in [6.07, 6.45) is -3.12. The number of amides is 1. The Kier molecular flexibility index (Phi) is 6.32. The molecule has 11 heteroatoms. The van der Waals surface area contributed by atoms with Gasteiger partial charge in [-0.15, -0.1) is 11.8 Å². The fourth-order valence-electron chi connectivity index (χ4n) is 4.62. The van der Waals surface area contributed by atoms with Gasteiger partial charge < -0.3 is 10.0 Å². The lowest BCUT2D eigenvalue weighted by Crippen LogP contribution is -2.57. The Balaban J connectivity index is 1.72. The zero-order valence-corrected chi connectivity index (χ0v) is 21.4. The normalized spacial score (nSPS) is 18.2. The Morgan fingerprint density at radius 2 is 1.89 bits per heavy atom. The largest absolute Gasteiger partial charge is 0.502 e. The van der Waals surface area contributed by atoms with E-state index in [0.29, 0.717) is 5.75 Å². The summed E-state index contributed by atoms with van der Waals surface area (Å²) in [6.45, 7) is 0.222. The van der Waals surface area contributed by atoms with Gasteiger partial charge in [0.2, 0.25) is 5.43 Å². The SMILES string of the molecule is C[C@@H](CN1CN([C@H]2c3ccc(Br)cc3CSc3ccccc32)n2ccc(=O)c(O)c2C1=O)C(F)(F)F. The third kappa shape index (κ3) is 4.28. The molecule has 1 amide bonds. The van der Waals surface area contributed by atoms with E-state index in [9.17, 15) is 27.9 Å². The first-order chi connectivity index (χ1) is 17.1. The van der Waals surface area contributed by atoms with Gasteiger partial charge in [0.1, 0.15) is 6.67 Å². The Bertz CT molecular complexity index is 1410. The highest BCUT2D eigenvalue weighted by Gasteiger charge is 2.43. The maximum Gasteiger partial charge on any atom is 0.393 e. The molecule has 2 aromatic carbocycles. The molecule has 3 heterocycles. The van der Waals surface area contributed by atoms with Gasteiger partial charge in [0.15, 0.2) is 11.4 Å². The Labute approximate surface area is 217 Å². The molecule has 2 atom stereocenters. The summed E-state index contributed by atoms with van der Waals surface area (Å²) in [7, 11) is 0. The van der Waals surface area contributed by atoms with Crippen molar-refractivity contribution in [3.63, 3.8) is 0 Å². The van der Waals surface area contributed by atoms with Crippen molar-refractivity contribution in [1.29, 1.82) is 0 Å². The highest BCUT2D eigenvalue weighted by atomic mass is 79.9. The summed E-state index contributed by atoms with van der Waals surface area (Å²) in [4.78, 5) is 27.6. The molecule has 36 heavy (non-hydrogen) atoms. The van der Waals surface area contributed by atoms with E-state index in [1.54, 1.807) is 16.8 Å². The molecule has 0 aliphatic carbocycles. The minimum Gasteiger partial charge on any atom is -0.502 e. The van der Waals surface area contributed by atoms with Crippen LogP contribution in [0.15, 0.2) is 68.9 Å². The van der Waals surface area contributed by atoms with Crippen molar-refractivity contribution in [1.82, 2.24) is 9.58 Å². The molecular weight excluding hydrogens is 559 g/mol. The first kappa shape index (κ1) is 24.8. The smallest absolute Gasteiger partial charge is 0.393 e. The summed E-state index contributed by atoms with van der Waals surface area (Å²) < 4.78 is 42.6. The molecule has 0 saturated carbocycles. The van der Waals surface area contributed by atoms with E-state index in [1.807, 2.05) is 42.5 Å². The number of halogens is 4. The third-order valence-corrected chi connectivity index (χ3v) is 8.11. The van der Waals surface area contributed by atoms with Crippen molar-refractivity contribution in [3.05, 3.63) is 91.8 Å². The molecule has 0 saturated heterocycles. The molecule has 1 N–H and O–H groups in total. The van der Waals surface area contributed by atoms with Crippen LogP contribution in [0.5, 0.6) is 5.75 Å². The third-order valence-electron chi connectivity index (χ3n) is 6.48. The number of hydrogen-bond donors (Lipinski definition) is 1. The molecule has 2 aliphatic heterocycles. The molecule has 0 fully saturated rings. The van der Waals surface area contributed by atoms with Crippen molar-refractivity contribution in [2.45, 2.75) is 29.8 Å². The first-order valence-corrected chi connectivity index (χ1v) is 12.9. The molecule has 0 radical (unpaired) electrons. The van der Waals surface area contributed by atoms with E-state index in [4.69, 9.17) is 0 Å². The fraction of sp³-hybridized carbons (Fsp3) is 0.280. The number of pyridine rings is 1. The molecule has 2 aliphatic rings. The second-order valence-electron chi connectivity index (χ2n) is 8.85. The van der Waals surface area contributed by atoms with Gasteiger partial charge in [-0.2, -0.15) is 13.2 Å². The van der Waals surface area contributed by atoms with Crippen LogP contribution >= 0.6 is 27.7 Å². The number of aromatic hydroxyl groups is 1. The standard InChI is InChI=1S/C25H21BrF3N3O3S/c1-14(25(27,28)29)11-30-13-32(31-9-8-19(33)23(34)22(31)24(30)35)21-17-7-6-16(26)10-15(17)12-36-20-5-3-2-4-18(20)21/h2-10,14,21,34H,11-13H2,1H3/t14-,21-/m0/s1. The molecule has 1 aromatic heterocycles. The van der Waals surface area contributed by atoms with Crippen LogP contribution in [0.4, 0.5) is 13.2 Å². The van der Waals surface area contributed by atoms with Gasteiger partial charge in [-0.1, -0.05) is 47.1 Å². The maximum atomic E-state index is 13.4. The molecule has 0 unspecified atom stereocenters. The number of carbonyl (C=O) groups is 1. The summed E-state index contributed by atoms with van der Waals surface area (Å²) in [5.41, 5.74) is 1.72. The predicted molar refractivity (Wildman–Crippen MR) is 134 cm³/mol. The number of nitrogens with zero attached hydrogens (tertiary/aromatic N) is 3. The first-order valence-electron chi connectivity index (χ1n) is 11.1. The van der Waals surface area contributed by atoms with E-state index >= 15 is 0 Å². The van der Waals surface area contributed by atoms with Crippen molar-refractivity contribution in [2.75, 3.05) is 18.2 Å².